The number of thiazole rings is 1. The van der Waals surface area contributed by atoms with E-state index in [1.54, 1.807) is 10.9 Å². The molecule has 104 valence electrons. The molecule has 0 saturated heterocycles. The lowest BCUT2D eigenvalue weighted by molar-refractivity contribution is -0.137. The average Bonchev–Trinajstić information content (AvgIpc) is 2.96. The van der Waals surface area contributed by atoms with Gasteiger partial charge in [-0.1, -0.05) is 6.92 Å². The number of rotatable bonds is 4. The third kappa shape index (κ3) is 3.13. The van der Waals surface area contributed by atoms with Gasteiger partial charge in [-0.2, -0.15) is 18.3 Å². The Balaban J connectivity index is 2.18. The molecule has 2 heterocycles. The zero-order valence-corrected chi connectivity index (χ0v) is 10.9. The normalized spacial score (nSPS) is 13.7. The van der Waals surface area contributed by atoms with Crippen LogP contribution in [0.5, 0.6) is 0 Å². The van der Waals surface area contributed by atoms with E-state index in [1.807, 2.05) is 6.92 Å². The van der Waals surface area contributed by atoms with Crippen molar-refractivity contribution < 1.29 is 18.3 Å². The van der Waals surface area contributed by atoms with E-state index < -0.39 is 17.3 Å². The first-order valence-corrected chi connectivity index (χ1v) is 6.46. The molecule has 0 aliphatic carbocycles. The number of aliphatic hydroxyl groups is 1. The summed E-state index contributed by atoms with van der Waals surface area (Å²) in [6, 6.07) is 0. The zero-order valence-electron chi connectivity index (χ0n) is 10.1. The van der Waals surface area contributed by atoms with Crippen molar-refractivity contribution in [1.82, 2.24) is 14.8 Å². The molecule has 0 radical (unpaired) electrons. The van der Waals surface area contributed by atoms with Gasteiger partial charge in [-0.3, -0.25) is 4.68 Å². The minimum Gasteiger partial charge on any atom is -0.383 e. The van der Waals surface area contributed by atoms with E-state index in [4.69, 9.17) is 0 Å². The van der Waals surface area contributed by atoms with Gasteiger partial charge in [-0.25, -0.2) is 4.98 Å². The second kappa shape index (κ2) is 5.30. The zero-order chi connectivity index (χ0) is 14.0. The van der Waals surface area contributed by atoms with Crippen LogP contribution < -0.4 is 0 Å². The Hall–Kier alpha value is -1.41. The van der Waals surface area contributed by atoms with Crippen molar-refractivity contribution in [2.75, 3.05) is 0 Å². The van der Waals surface area contributed by atoms with E-state index >= 15 is 0 Å². The molecule has 19 heavy (non-hydrogen) atoms. The SMILES string of the molecule is CCCn1cc(C(O)c2cnc(C(F)(F)F)s2)cn1. The summed E-state index contributed by atoms with van der Waals surface area (Å²) in [5.41, 5.74) is 0.464. The van der Waals surface area contributed by atoms with Gasteiger partial charge in [0.15, 0.2) is 5.01 Å². The van der Waals surface area contributed by atoms with Gasteiger partial charge in [0, 0.05) is 24.5 Å². The minimum atomic E-state index is -4.48. The van der Waals surface area contributed by atoms with Gasteiger partial charge in [-0.05, 0) is 6.42 Å². The number of hydrogen-bond donors (Lipinski definition) is 1. The van der Waals surface area contributed by atoms with Gasteiger partial charge >= 0.3 is 6.18 Å². The molecule has 0 saturated carbocycles. The molecule has 2 aromatic rings. The van der Waals surface area contributed by atoms with E-state index in [9.17, 15) is 18.3 Å². The maximum Gasteiger partial charge on any atom is 0.443 e. The van der Waals surface area contributed by atoms with Gasteiger partial charge in [-0.15, -0.1) is 11.3 Å². The minimum absolute atomic E-state index is 0.156. The fourth-order valence-electron chi connectivity index (χ4n) is 1.58. The van der Waals surface area contributed by atoms with Crippen LogP contribution in [-0.4, -0.2) is 19.9 Å². The van der Waals surface area contributed by atoms with Crippen LogP contribution in [0, 0.1) is 0 Å². The number of nitrogens with zero attached hydrogens (tertiary/aromatic N) is 3. The van der Waals surface area contributed by atoms with Crippen molar-refractivity contribution in [1.29, 1.82) is 0 Å². The Bertz CT molecular complexity index is 549. The quantitative estimate of drug-likeness (QED) is 0.942. The Kier molecular flexibility index (Phi) is 3.91. The summed E-state index contributed by atoms with van der Waals surface area (Å²) in [7, 11) is 0. The Labute approximate surface area is 111 Å². The van der Waals surface area contributed by atoms with E-state index in [1.165, 1.54) is 6.20 Å². The van der Waals surface area contributed by atoms with Crippen molar-refractivity contribution >= 4 is 11.3 Å². The number of alkyl halides is 3. The summed E-state index contributed by atoms with van der Waals surface area (Å²) in [6.45, 7) is 2.68. The highest BCUT2D eigenvalue weighted by Gasteiger charge is 2.35. The summed E-state index contributed by atoms with van der Waals surface area (Å²) < 4.78 is 38.9. The van der Waals surface area contributed by atoms with Crippen molar-refractivity contribution in [3.05, 3.63) is 34.0 Å². The van der Waals surface area contributed by atoms with E-state index in [0.29, 0.717) is 23.4 Å². The highest BCUT2D eigenvalue weighted by Crippen LogP contribution is 2.35. The van der Waals surface area contributed by atoms with Crippen LogP contribution in [-0.2, 0) is 12.7 Å². The van der Waals surface area contributed by atoms with E-state index in [0.717, 1.165) is 12.6 Å². The van der Waals surface area contributed by atoms with Crippen LogP contribution in [0.2, 0.25) is 0 Å². The maximum atomic E-state index is 12.4. The first-order valence-electron chi connectivity index (χ1n) is 5.65. The van der Waals surface area contributed by atoms with Gasteiger partial charge in [0.05, 0.1) is 11.1 Å². The summed E-state index contributed by atoms with van der Waals surface area (Å²) in [5, 5.41) is 13.1. The smallest absolute Gasteiger partial charge is 0.383 e. The van der Waals surface area contributed by atoms with Crippen molar-refractivity contribution in [2.24, 2.45) is 0 Å². The molecule has 1 unspecified atom stereocenters. The van der Waals surface area contributed by atoms with Gasteiger partial charge < -0.3 is 5.11 Å². The Morgan fingerprint density at radius 1 is 1.42 bits per heavy atom. The largest absolute Gasteiger partial charge is 0.443 e. The molecule has 0 bridgehead atoms. The number of aromatic nitrogens is 3. The first kappa shape index (κ1) is 14.0. The van der Waals surface area contributed by atoms with E-state index in [2.05, 4.69) is 10.1 Å². The second-order valence-corrected chi connectivity index (χ2v) is 5.07. The topological polar surface area (TPSA) is 50.9 Å². The molecule has 8 heteroatoms. The molecular weight excluding hydrogens is 279 g/mol. The lowest BCUT2D eigenvalue weighted by Crippen LogP contribution is -2.03. The molecule has 0 aliphatic heterocycles. The van der Waals surface area contributed by atoms with Crippen molar-refractivity contribution in [3.63, 3.8) is 0 Å². The molecule has 0 aromatic carbocycles. The van der Waals surface area contributed by atoms with Crippen LogP contribution in [0.1, 0.15) is 34.9 Å². The summed E-state index contributed by atoms with van der Waals surface area (Å²) in [6.07, 6.45) is -0.589. The Morgan fingerprint density at radius 3 is 2.74 bits per heavy atom. The van der Waals surface area contributed by atoms with Crippen molar-refractivity contribution in [3.8, 4) is 0 Å². The highest BCUT2D eigenvalue weighted by atomic mass is 32.1. The predicted octanol–water partition coefficient (Wildman–Crippen LogP) is 2.85. The molecule has 0 fully saturated rings. The number of aryl methyl sites for hydroxylation is 1. The fraction of sp³-hybridized carbons (Fsp3) is 0.455. The Morgan fingerprint density at radius 2 is 2.16 bits per heavy atom. The molecule has 0 aliphatic rings. The van der Waals surface area contributed by atoms with Crippen LogP contribution in [0.3, 0.4) is 0 Å². The molecular formula is C11H12F3N3OS. The fourth-order valence-corrected chi connectivity index (χ4v) is 2.38. The second-order valence-electron chi connectivity index (χ2n) is 4.00. The van der Waals surface area contributed by atoms with Gasteiger partial charge in [0.25, 0.3) is 0 Å². The first-order chi connectivity index (χ1) is 8.91. The predicted molar refractivity (Wildman–Crippen MR) is 63.7 cm³/mol. The van der Waals surface area contributed by atoms with Crippen LogP contribution in [0.15, 0.2) is 18.6 Å². The summed E-state index contributed by atoms with van der Waals surface area (Å²) >= 11 is 0.442. The van der Waals surface area contributed by atoms with Crippen LogP contribution in [0.4, 0.5) is 13.2 Å². The number of aliphatic hydroxyl groups excluding tert-OH is 1. The summed E-state index contributed by atoms with van der Waals surface area (Å²) in [5.74, 6) is 0. The molecule has 0 spiro atoms. The lowest BCUT2D eigenvalue weighted by atomic mass is 10.2. The third-order valence-corrected chi connectivity index (χ3v) is 3.55. The number of hydrogen-bond acceptors (Lipinski definition) is 4. The average molecular weight is 291 g/mol. The molecule has 1 N–H and O–H groups in total. The highest BCUT2D eigenvalue weighted by molar-refractivity contribution is 7.11. The standard InChI is InChI=1S/C11H12F3N3OS/c1-2-3-17-6-7(4-16-17)9(18)8-5-15-10(19-8)11(12,13)14/h4-6,9,18H,2-3H2,1H3. The monoisotopic (exact) mass is 291 g/mol. The molecule has 2 rings (SSSR count). The number of halogens is 3. The van der Waals surface area contributed by atoms with Crippen molar-refractivity contribution in [2.45, 2.75) is 32.2 Å². The lowest BCUT2D eigenvalue weighted by Gasteiger charge is -2.04. The van der Waals surface area contributed by atoms with Gasteiger partial charge in [0.1, 0.15) is 6.10 Å². The molecule has 1 atom stereocenters. The third-order valence-electron chi connectivity index (χ3n) is 2.46. The molecule has 0 amide bonds. The van der Waals surface area contributed by atoms with Crippen LogP contribution in [0.25, 0.3) is 0 Å². The van der Waals surface area contributed by atoms with E-state index in [-0.39, 0.29) is 4.88 Å². The van der Waals surface area contributed by atoms with Gasteiger partial charge in [0.2, 0.25) is 0 Å². The van der Waals surface area contributed by atoms with Crippen LogP contribution >= 0.6 is 11.3 Å². The summed E-state index contributed by atoms with van der Waals surface area (Å²) in [4.78, 5) is 3.44. The maximum absolute atomic E-state index is 12.4. The molecule has 2 aromatic heterocycles. The molecule has 4 nitrogen and oxygen atoms in total.